The highest BCUT2D eigenvalue weighted by Crippen LogP contribution is 2.21. The number of anilines is 3. The molecular weight excluding hydrogens is 346 g/mol. The molecule has 132 valence electrons. The predicted molar refractivity (Wildman–Crippen MR) is 107 cm³/mol. The van der Waals surface area contributed by atoms with Gasteiger partial charge in [-0.25, -0.2) is 0 Å². The van der Waals surface area contributed by atoms with Gasteiger partial charge in [0.1, 0.15) is 0 Å². The molecule has 0 atom stereocenters. The van der Waals surface area contributed by atoms with Gasteiger partial charge in [0.2, 0.25) is 0 Å². The predicted octanol–water partition coefficient (Wildman–Crippen LogP) is 5.85. The third kappa shape index (κ3) is 4.61. The van der Waals surface area contributed by atoms with E-state index in [-0.39, 0.29) is 5.91 Å². The van der Waals surface area contributed by atoms with Crippen LogP contribution < -0.4 is 10.6 Å². The number of hydrogen-bond donors (Lipinski definition) is 2. The van der Waals surface area contributed by atoms with Gasteiger partial charge >= 0.3 is 0 Å². The average molecular weight is 366 g/mol. The molecule has 0 saturated carbocycles. The van der Waals surface area contributed by atoms with Gasteiger partial charge in [-0.1, -0.05) is 43.6 Å². The molecule has 26 heavy (non-hydrogen) atoms. The lowest BCUT2D eigenvalue weighted by Gasteiger charge is -2.10. The van der Waals surface area contributed by atoms with Gasteiger partial charge < -0.3 is 10.6 Å². The number of nitrogens with zero attached hydrogens (tertiary/aromatic N) is 1. The summed E-state index contributed by atoms with van der Waals surface area (Å²) < 4.78 is 0. The van der Waals surface area contributed by atoms with Crippen molar-refractivity contribution in [2.24, 2.45) is 0 Å². The van der Waals surface area contributed by atoms with E-state index in [1.807, 2.05) is 42.5 Å². The van der Waals surface area contributed by atoms with E-state index in [9.17, 15) is 4.79 Å². The van der Waals surface area contributed by atoms with Crippen LogP contribution in [0.25, 0.3) is 0 Å². The summed E-state index contributed by atoms with van der Waals surface area (Å²) >= 11 is 5.99. The molecule has 0 aliphatic heterocycles. The molecule has 0 spiro atoms. The highest BCUT2D eigenvalue weighted by atomic mass is 35.5. The molecule has 5 heteroatoms. The van der Waals surface area contributed by atoms with Crippen LogP contribution in [0, 0.1) is 0 Å². The summed E-state index contributed by atoms with van der Waals surface area (Å²) in [5.41, 5.74) is 4.02. The summed E-state index contributed by atoms with van der Waals surface area (Å²) in [6.45, 7) is 4.27. The number of halogens is 1. The molecule has 3 rings (SSSR count). The normalized spacial score (nSPS) is 10.6. The Kier molecular flexibility index (Phi) is 5.54. The van der Waals surface area contributed by atoms with Crippen molar-refractivity contribution in [1.29, 1.82) is 0 Å². The van der Waals surface area contributed by atoms with Crippen molar-refractivity contribution in [3.8, 4) is 0 Å². The maximum absolute atomic E-state index is 12.5. The second-order valence-electron chi connectivity index (χ2n) is 6.33. The number of hydrogen-bond acceptors (Lipinski definition) is 3. The van der Waals surface area contributed by atoms with Crippen LogP contribution in [0.5, 0.6) is 0 Å². The molecule has 0 radical (unpaired) electrons. The molecule has 1 aromatic heterocycles. The van der Waals surface area contributed by atoms with Gasteiger partial charge in [-0.2, -0.15) is 0 Å². The van der Waals surface area contributed by atoms with E-state index < -0.39 is 0 Å². The molecule has 1 amide bonds. The first-order chi connectivity index (χ1) is 12.5. The van der Waals surface area contributed by atoms with E-state index in [1.165, 1.54) is 5.56 Å². The number of amides is 1. The summed E-state index contributed by atoms with van der Waals surface area (Å²) in [6.07, 6.45) is 3.20. The molecule has 2 aromatic carbocycles. The Labute approximate surface area is 158 Å². The molecule has 0 fully saturated rings. The summed E-state index contributed by atoms with van der Waals surface area (Å²) in [4.78, 5) is 16.6. The molecule has 3 aromatic rings. The van der Waals surface area contributed by atoms with Crippen molar-refractivity contribution in [1.82, 2.24) is 4.98 Å². The Hall–Kier alpha value is -2.85. The summed E-state index contributed by atoms with van der Waals surface area (Å²) in [7, 11) is 0. The lowest BCUT2D eigenvalue weighted by atomic mass is 10.0. The largest absolute Gasteiger partial charge is 0.354 e. The molecule has 4 nitrogen and oxygen atoms in total. The Bertz CT molecular complexity index is 907. The first-order valence-corrected chi connectivity index (χ1v) is 8.78. The van der Waals surface area contributed by atoms with E-state index in [2.05, 4.69) is 29.5 Å². The van der Waals surface area contributed by atoms with Crippen LogP contribution in [0.2, 0.25) is 5.02 Å². The van der Waals surface area contributed by atoms with E-state index in [4.69, 9.17) is 11.6 Å². The van der Waals surface area contributed by atoms with Crippen LogP contribution >= 0.6 is 11.6 Å². The van der Waals surface area contributed by atoms with Gasteiger partial charge in [0.25, 0.3) is 5.91 Å². The lowest BCUT2D eigenvalue weighted by molar-refractivity contribution is 0.102. The van der Waals surface area contributed by atoms with Crippen molar-refractivity contribution in [3.05, 3.63) is 83.1 Å². The number of carbonyl (C=O) groups is 1. The van der Waals surface area contributed by atoms with Crippen molar-refractivity contribution >= 4 is 34.6 Å². The first kappa shape index (κ1) is 18.0. The Morgan fingerprint density at radius 3 is 2.42 bits per heavy atom. The van der Waals surface area contributed by atoms with Gasteiger partial charge in [0, 0.05) is 22.6 Å². The molecule has 1 heterocycles. The molecule has 0 aliphatic carbocycles. The summed E-state index contributed by atoms with van der Waals surface area (Å²) in [5, 5.41) is 6.73. The van der Waals surface area contributed by atoms with Crippen molar-refractivity contribution in [2.75, 3.05) is 10.6 Å². The molecule has 0 unspecified atom stereocenters. The van der Waals surface area contributed by atoms with E-state index in [0.717, 1.165) is 17.1 Å². The van der Waals surface area contributed by atoms with Gasteiger partial charge in [0.05, 0.1) is 17.4 Å². The van der Waals surface area contributed by atoms with E-state index in [0.29, 0.717) is 16.5 Å². The second kappa shape index (κ2) is 8.02. The number of carbonyl (C=O) groups excluding carboxylic acids is 1. The van der Waals surface area contributed by atoms with Crippen LogP contribution in [0.15, 0.2) is 67.0 Å². The van der Waals surface area contributed by atoms with Crippen LogP contribution in [0.3, 0.4) is 0 Å². The summed E-state index contributed by atoms with van der Waals surface area (Å²) in [5.74, 6) is 0.253. The third-order valence-electron chi connectivity index (χ3n) is 3.95. The Balaban J connectivity index is 1.71. The fourth-order valence-corrected chi connectivity index (χ4v) is 2.71. The fraction of sp³-hybridized carbons (Fsp3) is 0.143. The van der Waals surface area contributed by atoms with Crippen LogP contribution in [0.1, 0.15) is 35.7 Å². The van der Waals surface area contributed by atoms with Crippen LogP contribution in [-0.4, -0.2) is 10.9 Å². The minimum absolute atomic E-state index is 0.204. The fourth-order valence-electron chi connectivity index (χ4n) is 2.52. The molecule has 2 N–H and O–H groups in total. The maximum Gasteiger partial charge on any atom is 0.257 e. The SMILES string of the molecule is CC(C)c1ccc(NC(=O)c2cncc(Nc3cccc(Cl)c3)c2)cc1. The number of benzene rings is 2. The van der Waals surface area contributed by atoms with E-state index in [1.54, 1.807) is 24.5 Å². The summed E-state index contributed by atoms with van der Waals surface area (Å²) in [6, 6.07) is 17.0. The molecular formula is C21H20ClN3O. The maximum atomic E-state index is 12.5. The molecule has 0 saturated heterocycles. The molecule has 0 bridgehead atoms. The van der Waals surface area contributed by atoms with Crippen molar-refractivity contribution < 1.29 is 4.79 Å². The Morgan fingerprint density at radius 2 is 1.73 bits per heavy atom. The third-order valence-corrected chi connectivity index (χ3v) is 4.18. The van der Waals surface area contributed by atoms with Crippen LogP contribution in [-0.2, 0) is 0 Å². The number of rotatable bonds is 5. The smallest absolute Gasteiger partial charge is 0.257 e. The van der Waals surface area contributed by atoms with Crippen molar-refractivity contribution in [3.63, 3.8) is 0 Å². The zero-order chi connectivity index (χ0) is 18.5. The zero-order valence-electron chi connectivity index (χ0n) is 14.7. The van der Waals surface area contributed by atoms with Gasteiger partial charge in [-0.05, 0) is 47.9 Å². The highest BCUT2D eigenvalue weighted by Gasteiger charge is 2.08. The van der Waals surface area contributed by atoms with Gasteiger partial charge in [0.15, 0.2) is 0 Å². The number of pyridine rings is 1. The van der Waals surface area contributed by atoms with Gasteiger partial charge in [-0.15, -0.1) is 0 Å². The van der Waals surface area contributed by atoms with Crippen molar-refractivity contribution in [2.45, 2.75) is 19.8 Å². The Morgan fingerprint density at radius 1 is 0.962 bits per heavy atom. The topological polar surface area (TPSA) is 54.0 Å². The lowest BCUT2D eigenvalue weighted by Crippen LogP contribution is -2.12. The highest BCUT2D eigenvalue weighted by molar-refractivity contribution is 6.30. The van der Waals surface area contributed by atoms with E-state index >= 15 is 0 Å². The standard InChI is InChI=1S/C21H20ClN3O/c1-14(2)15-6-8-18(9-7-15)25-21(26)16-10-20(13-23-12-16)24-19-5-3-4-17(22)11-19/h3-14,24H,1-2H3,(H,25,26). The first-order valence-electron chi connectivity index (χ1n) is 8.40. The second-order valence-corrected chi connectivity index (χ2v) is 6.76. The zero-order valence-corrected chi connectivity index (χ0v) is 15.4. The molecule has 0 aliphatic rings. The minimum atomic E-state index is -0.204. The quantitative estimate of drug-likeness (QED) is 0.595. The monoisotopic (exact) mass is 365 g/mol. The average Bonchev–Trinajstić information content (AvgIpc) is 2.62. The number of nitrogens with one attached hydrogen (secondary N) is 2. The minimum Gasteiger partial charge on any atom is -0.354 e. The number of aromatic nitrogens is 1. The van der Waals surface area contributed by atoms with Crippen LogP contribution in [0.4, 0.5) is 17.1 Å². The van der Waals surface area contributed by atoms with Gasteiger partial charge in [-0.3, -0.25) is 9.78 Å².